The summed E-state index contributed by atoms with van der Waals surface area (Å²) in [6.45, 7) is 0. The van der Waals surface area contributed by atoms with Crippen LogP contribution in [-0.4, -0.2) is 19.1 Å². The van der Waals surface area contributed by atoms with Crippen LogP contribution in [0.15, 0.2) is 182 Å². The molecule has 0 saturated heterocycles. The topological polar surface area (TPSA) is 35.6 Å². The first kappa shape index (κ1) is 29.3. The molecule has 1 aliphatic carbocycles. The van der Waals surface area contributed by atoms with E-state index in [1.807, 2.05) is 12.3 Å². The zero-order chi connectivity index (χ0) is 35.3. The molecule has 0 unspecified atom stereocenters. The van der Waals surface area contributed by atoms with E-state index < -0.39 is 0 Å². The molecule has 54 heavy (non-hydrogen) atoms. The molecule has 0 aliphatic heterocycles. The monoisotopic (exact) mass is 686 g/mol. The van der Waals surface area contributed by atoms with Crippen LogP contribution >= 0.6 is 0 Å². The smallest absolute Gasteiger partial charge is 0.0787 e. The molecule has 0 radical (unpaired) electrons. The Morgan fingerprint density at radius 2 is 0.981 bits per heavy atom. The first-order valence-electron chi connectivity index (χ1n) is 18.4. The molecule has 4 heteroatoms. The molecular formula is C50H30N4. The first-order valence-corrected chi connectivity index (χ1v) is 18.4. The van der Waals surface area contributed by atoms with E-state index in [-0.39, 0.29) is 0 Å². The number of hydrogen-bond acceptors (Lipinski definition) is 2. The van der Waals surface area contributed by atoms with E-state index >= 15 is 0 Å². The van der Waals surface area contributed by atoms with Crippen molar-refractivity contribution in [1.82, 2.24) is 19.1 Å². The van der Waals surface area contributed by atoms with E-state index in [4.69, 9.17) is 9.97 Å². The predicted octanol–water partition coefficient (Wildman–Crippen LogP) is 12.8. The highest BCUT2D eigenvalue weighted by Crippen LogP contribution is 2.47. The minimum Gasteiger partial charge on any atom is -0.309 e. The lowest BCUT2D eigenvalue weighted by Gasteiger charge is -2.10. The molecule has 0 saturated carbocycles. The SMILES string of the molecule is c1ccc(-n2c3ccccc3c3cc(-c4ccc5c(c4)c4ccc(-c6cc7c8c(cccc8n6)-c6ncccc6-7)cc4n5-c4ccccc4)ccc32)cc1. The van der Waals surface area contributed by atoms with Crippen LogP contribution in [0.2, 0.25) is 0 Å². The molecule has 4 heterocycles. The van der Waals surface area contributed by atoms with Crippen molar-refractivity contribution < 1.29 is 0 Å². The fourth-order valence-corrected chi connectivity index (χ4v) is 8.90. The lowest BCUT2D eigenvalue weighted by Crippen LogP contribution is -1.94. The fourth-order valence-electron chi connectivity index (χ4n) is 8.90. The highest BCUT2D eigenvalue weighted by molar-refractivity contribution is 6.15. The number of pyridine rings is 2. The van der Waals surface area contributed by atoms with Gasteiger partial charge in [-0.3, -0.25) is 4.98 Å². The second kappa shape index (κ2) is 11.1. The Morgan fingerprint density at radius 1 is 0.370 bits per heavy atom. The van der Waals surface area contributed by atoms with Gasteiger partial charge in [0, 0.05) is 61.2 Å². The minimum absolute atomic E-state index is 0.960. The van der Waals surface area contributed by atoms with Crippen molar-refractivity contribution in [1.29, 1.82) is 0 Å². The van der Waals surface area contributed by atoms with Crippen molar-refractivity contribution in [2.24, 2.45) is 0 Å². The quantitative estimate of drug-likeness (QED) is 0.185. The van der Waals surface area contributed by atoms with Crippen LogP contribution in [0, 0.1) is 0 Å². The molecule has 250 valence electrons. The van der Waals surface area contributed by atoms with Gasteiger partial charge >= 0.3 is 0 Å². The molecule has 4 aromatic heterocycles. The van der Waals surface area contributed by atoms with Crippen LogP contribution in [0.25, 0.3) is 111 Å². The molecule has 0 bridgehead atoms. The summed E-state index contributed by atoms with van der Waals surface area (Å²) in [5, 5.41) is 6.12. The zero-order valence-electron chi connectivity index (χ0n) is 29.1. The van der Waals surface area contributed by atoms with Crippen LogP contribution in [0.5, 0.6) is 0 Å². The molecule has 0 amide bonds. The Hall–Kier alpha value is -7.30. The molecule has 0 N–H and O–H groups in total. The second-order valence-corrected chi connectivity index (χ2v) is 14.2. The Morgan fingerprint density at radius 3 is 1.72 bits per heavy atom. The van der Waals surface area contributed by atoms with E-state index in [0.29, 0.717) is 0 Å². The van der Waals surface area contributed by atoms with Gasteiger partial charge in [0.15, 0.2) is 0 Å². The van der Waals surface area contributed by atoms with Gasteiger partial charge in [0.1, 0.15) is 0 Å². The number of nitrogens with zero attached hydrogens (tertiary/aromatic N) is 4. The number of rotatable bonds is 4. The summed E-state index contributed by atoms with van der Waals surface area (Å²) in [4.78, 5) is 9.99. The normalized spacial score (nSPS) is 12.1. The maximum absolute atomic E-state index is 5.24. The van der Waals surface area contributed by atoms with Gasteiger partial charge in [-0.15, -0.1) is 0 Å². The molecule has 0 atom stereocenters. The number of benzene rings is 7. The highest BCUT2D eigenvalue weighted by Gasteiger charge is 2.24. The molecule has 4 nitrogen and oxygen atoms in total. The van der Waals surface area contributed by atoms with Crippen LogP contribution in [0.4, 0.5) is 0 Å². The van der Waals surface area contributed by atoms with Crippen molar-refractivity contribution in [2.75, 3.05) is 0 Å². The third-order valence-corrected chi connectivity index (χ3v) is 11.3. The molecular weight excluding hydrogens is 657 g/mol. The summed E-state index contributed by atoms with van der Waals surface area (Å²) in [5.41, 5.74) is 17.0. The van der Waals surface area contributed by atoms with Crippen molar-refractivity contribution >= 4 is 54.5 Å². The minimum atomic E-state index is 0.960. The molecule has 7 aromatic carbocycles. The van der Waals surface area contributed by atoms with Gasteiger partial charge in [-0.2, -0.15) is 0 Å². The number of aromatic nitrogens is 4. The fraction of sp³-hybridized carbons (Fsp3) is 0. The molecule has 0 fully saturated rings. The van der Waals surface area contributed by atoms with E-state index in [9.17, 15) is 0 Å². The maximum atomic E-state index is 5.24. The van der Waals surface area contributed by atoms with Gasteiger partial charge in [0.25, 0.3) is 0 Å². The van der Waals surface area contributed by atoms with Crippen molar-refractivity contribution in [3.8, 4) is 56.1 Å². The Kier molecular flexibility index (Phi) is 6.02. The lowest BCUT2D eigenvalue weighted by atomic mass is 9.99. The maximum Gasteiger partial charge on any atom is 0.0787 e. The molecule has 1 aliphatic rings. The average Bonchev–Trinajstić information content (AvgIpc) is 3.87. The summed E-state index contributed by atoms with van der Waals surface area (Å²) in [6.07, 6.45) is 1.88. The van der Waals surface area contributed by atoms with Crippen LogP contribution in [0.3, 0.4) is 0 Å². The zero-order valence-corrected chi connectivity index (χ0v) is 29.1. The molecule has 0 spiro atoms. The summed E-state index contributed by atoms with van der Waals surface area (Å²) in [6, 6.07) is 63.5. The second-order valence-electron chi connectivity index (χ2n) is 14.2. The summed E-state index contributed by atoms with van der Waals surface area (Å²) >= 11 is 0. The Bertz CT molecular complexity index is 3320. The van der Waals surface area contributed by atoms with Gasteiger partial charge in [-0.05, 0) is 95.6 Å². The lowest BCUT2D eigenvalue weighted by molar-refractivity contribution is 1.18. The number of fused-ring (bicyclic) bond motifs is 9. The third-order valence-electron chi connectivity index (χ3n) is 11.3. The first-order chi connectivity index (χ1) is 26.8. The van der Waals surface area contributed by atoms with Gasteiger partial charge < -0.3 is 9.13 Å². The average molecular weight is 687 g/mol. The summed E-state index contributed by atoms with van der Waals surface area (Å²) in [5.74, 6) is 0. The Balaban J connectivity index is 1.05. The van der Waals surface area contributed by atoms with Crippen molar-refractivity contribution in [2.45, 2.75) is 0 Å². The van der Waals surface area contributed by atoms with Crippen molar-refractivity contribution in [3.05, 3.63) is 182 Å². The largest absolute Gasteiger partial charge is 0.309 e. The van der Waals surface area contributed by atoms with Gasteiger partial charge in [0.05, 0.1) is 39.0 Å². The van der Waals surface area contributed by atoms with Gasteiger partial charge in [-0.1, -0.05) is 97.1 Å². The molecule has 12 rings (SSSR count). The van der Waals surface area contributed by atoms with Gasteiger partial charge in [0.2, 0.25) is 0 Å². The van der Waals surface area contributed by atoms with E-state index in [0.717, 1.165) is 39.2 Å². The van der Waals surface area contributed by atoms with E-state index in [1.165, 1.54) is 71.4 Å². The standard InChI is InChI=1S/C50H30N4/c1-3-11-34(12-4-1)53-45-19-8-7-15-36(45)40-27-31(21-24-46(40)53)32-22-25-47-41(28-32)37-23-20-33(29-48(37)54(47)35-13-5-2-6-14-35)44-30-42-38-17-10-26-51-50(38)39-16-9-18-43(52-44)49(39)42/h1-30H. The Labute approximate surface area is 310 Å². The number of para-hydroxylation sites is 3. The van der Waals surface area contributed by atoms with E-state index in [1.54, 1.807) is 0 Å². The van der Waals surface area contributed by atoms with Crippen LogP contribution in [0.1, 0.15) is 0 Å². The molecule has 11 aromatic rings. The van der Waals surface area contributed by atoms with Crippen molar-refractivity contribution in [3.63, 3.8) is 0 Å². The predicted molar refractivity (Wildman–Crippen MR) is 224 cm³/mol. The summed E-state index contributed by atoms with van der Waals surface area (Å²) < 4.78 is 4.77. The van der Waals surface area contributed by atoms with Crippen LogP contribution < -0.4 is 0 Å². The van der Waals surface area contributed by atoms with Gasteiger partial charge in [-0.25, -0.2) is 4.98 Å². The third kappa shape index (κ3) is 4.13. The number of hydrogen-bond donors (Lipinski definition) is 0. The summed E-state index contributed by atoms with van der Waals surface area (Å²) in [7, 11) is 0. The highest BCUT2D eigenvalue weighted by atomic mass is 15.0. The van der Waals surface area contributed by atoms with Crippen LogP contribution in [-0.2, 0) is 0 Å². The van der Waals surface area contributed by atoms with E-state index in [2.05, 4.69) is 179 Å².